The number of ether oxygens (including phenoxy) is 5. The van der Waals surface area contributed by atoms with Crippen LogP contribution in [-0.4, -0.2) is 109 Å². The number of fused-ring (bicyclic) bond motifs is 1. The van der Waals surface area contributed by atoms with E-state index in [-0.39, 0.29) is 73.9 Å². The number of imide groups is 2. The zero-order chi connectivity index (χ0) is 49.8. The molecule has 3 atom stereocenters. The number of piperidine rings is 1. The molecule has 2 saturated heterocycles. The average molecular weight is 952 g/mol. The first-order valence-corrected chi connectivity index (χ1v) is 23.6. The van der Waals surface area contributed by atoms with Crippen molar-refractivity contribution < 1.29 is 66.8 Å². The van der Waals surface area contributed by atoms with E-state index in [1.807, 2.05) is 19.1 Å². The van der Waals surface area contributed by atoms with Crippen LogP contribution in [0.1, 0.15) is 136 Å². The normalized spacial score (nSPS) is 17.2. The molecule has 6 rings (SSSR count). The Morgan fingerprint density at radius 2 is 1.48 bits per heavy atom. The fourth-order valence-electron chi connectivity index (χ4n) is 8.55. The SMILES string of the molecule is CCC(C)(C)C(=O)C(=O)N1CCC[C@H]1C(=O)O[C@H](CCc1ccc(OC)c(OC)c1)c1cccc(OCC(=O)CCCCCCC(=O)COc2cccc3c2C(=O)N(C2CCC(=O)NC2=O)C3=O)c1. The van der Waals surface area contributed by atoms with Gasteiger partial charge in [-0.2, -0.15) is 0 Å². The summed E-state index contributed by atoms with van der Waals surface area (Å²) < 4.78 is 28.7. The van der Waals surface area contributed by atoms with Crippen LogP contribution >= 0.6 is 0 Å². The summed E-state index contributed by atoms with van der Waals surface area (Å²) in [5.41, 5.74) is 0.699. The van der Waals surface area contributed by atoms with Gasteiger partial charge < -0.3 is 28.6 Å². The topological polar surface area (TPSA) is 218 Å². The number of unbranched alkanes of at least 4 members (excludes halogenated alkanes) is 3. The Hall–Kier alpha value is -6.91. The fourth-order valence-corrected chi connectivity index (χ4v) is 8.55. The van der Waals surface area contributed by atoms with Gasteiger partial charge in [-0.15, -0.1) is 0 Å². The van der Waals surface area contributed by atoms with E-state index in [4.69, 9.17) is 23.7 Å². The maximum atomic E-state index is 13.9. The zero-order valence-electron chi connectivity index (χ0n) is 39.9. The smallest absolute Gasteiger partial charge is 0.329 e. The number of Topliss-reactive ketones (excluding diaryl/α,β-unsaturated/α-hetero) is 3. The molecule has 0 aliphatic carbocycles. The largest absolute Gasteiger partial charge is 0.493 e. The summed E-state index contributed by atoms with van der Waals surface area (Å²) in [5, 5.41) is 2.16. The summed E-state index contributed by atoms with van der Waals surface area (Å²) in [7, 11) is 3.10. The number of nitrogens with zero attached hydrogens (tertiary/aromatic N) is 2. The van der Waals surface area contributed by atoms with E-state index in [9.17, 15) is 43.2 Å². The number of aryl methyl sites for hydroxylation is 1. The molecule has 0 radical (unpaired) electrons. The molecule has 368 valence electrons. The molecule has 2 fully saturated rings. The van der Waals surface area contributed by atoms with E-state index in [0.29, 0.717) is 80.6 Å². The third kappa shape index (κ3) is 12.6. The quantitative estimate of drug-likeness (QED) is 0.0430. The lowest BCUT2D eigenvalue weighted by molar-refractivity contribution is -0.161. The summed E-state index contributed by atoms with van der Waals surface area (Å²) in [4.78, 5) is 119. The molecule has 3 aromatic carbocycles. The minimum atomic E-state index is -1.12. The Labute approximate surface area is 401 Å². The lowest BCUT2D eigenvalue weighted by atomic mass is 9.84. The van der Waals surface area contributed by atoms with Gasteiger partial charge >= 0.3 is 5.97 Å². The Morgan fingerprint density at radius 1 is 0.783 bits per heavy atom. The van der Waals surface area contributed by atoms with Crippen molar-refractivity contribution in [3.63, 3.8) is 0 Å². The first kappa shape index (κ1) is 51.5. The van der Waals surface area contributed by atoms with E-state index in [1.165, 1.54) is 23.1 Å². The van der Waals surface area contributed by atoms with Crippen LogP contribution in [0.15, 0.2) is 60.7 Å². The minimum Gasteiger partial charge on any atom is -0.493 e. The van der Waals surface area contributed by atoms with Crippen molar-refractivity contribution >= 4 is 52.9 Å². The number of carbonyl (C=O) groups excluding carboxylic acids is 9. The van der Waals surface area contributed by atoms with E-state index >= 15 is 0 Å². The van der Waals surface area contributed by atoms with Crippen molar-refractivity contribution in [2.75, 3.05) is 34.0 Å². The number of rotatable bonds is 25. The number of amides is 5. The molecule has 69 heavy (non-hydrogen) atoms. The zero-order valence-corrected chi connectivity index (χ0v) is 39.9. The van der Waals surface area contributed by atoms with Gasteiger partial charge in [0, 0.05) is 31.2 Å². The summed E-state index contributed by atoms with van der Waals surface area (Å²) in [5.74, 6) is -3.15. The van der Waals surface area contributed by atoms with Gasteiger partial charge in [0.25, 0.3) is 17.7 Å². The van der Waals surface area contributed by atoms with Crippen molar-refractivity contribution in [3.8, 4) is 23.0 Å². The molecule has 0 spiro atoms. The number of hydrogen-bond donors (Lipinski definition) is 1. The van der Waals surface area contributed by atoms with Crippen LogP contribution in [0, 0.1) is 5.41 Å². The van der Waals surface area contributed by atoms with Crippen molar-refractivity contribution in [1.29, 1.82) is 0 Å². The molecular formula is C52H61N3O14. The minimum absolute atomic E-state index is 0.00554. The van der Waals surface area contributed by atoms with Crippen LogP contribution in [0.5, 0.6) is 23.0 Å². The molecule has 3 aromatic rings. The van der Waals surface area contributed by atoms with Crippen LogP contribution < -0.4 is 24.3 Å². The predicted octanol–water partition coefficient (Wildman–Crippen LogP) is 6.26. The highest BCUT2D eigenvalue weighted by Gasteiger charge is 2.46. The standard InChI is InChI=1S/C52H61N3O14/c1-6-52(2,3)46(59)50(63)54-27-13-19-39(54)51(64)69-40(24-21-32-22-25-41(65-4)43(28-32)66-5)33-14-11-17-36(29-33)67-30-34(56)15-9-7-8-10-16-35(57)31-68-42-20-12-18-37-45(42)49(62)55(48(37)61)38-23-26-44(58)53-47(38)60/h11-12,14,17-18,20,22,25,28-29,38-40H,6-10,13,15-16,19,21,23-24,26-27,30-31H2,1-5H3,(H,53,58,60)/t38?,39-,40+/m0/s1. The molecule has 5 amide bonds. The van der Waals surface area contributed by atoms with E-state index < -0.39 is 64.9 Å². The van der Waals surface area contributed by atoms with Gasteiger partial charge in [-0.3, -0.25) is 48.6 Å². The average Bonchev–Trinajstić information content (AvgIpc) is 3.94. The van der Waals surface area contributed by atoms with Gasteiger partial charge in [-0.25, -0.2) is 4.79 Å². The summed E-state index contributed by atoms with van der Waals surface area (Å²) in [6, 6.07) is 15.0. The maximum absolute atomic E-state index is 13.9. The molecule has 1 unspecified atom stereocenters. The van der Waals surface area contributed by atoms with Crippen molar-refractivity contribution in [1.82, 2.24) is 15.1 Å². The van der Waals surface area contributed by atoms with Gasteiger partial charge in [0.05, 0.1) is 25.3 Å². The summed E-state index contributed by atoms with van der Waals surface area (Å²) in [6.07, 6.45) is 4.45. The van der Waals surface area contributed by atoms with Gasteiger partial charge in [0.1, 0.15) is 42.9 Å². The van der Waals surface area contributed by atoms with Crippen molar-refractivity contribution in [2.45, 2.75) is 122 Å². The predicted molar refractivity (Wildman–Crippen MR) is 249 cm³/mol. The molecular weight excluding hydrogens is 891 g/mol. The van der Waals surface area contributed by atoms with Crippen molar-refractivity contribution in [2.24, 2.45) is 5.41 Å². The van der Waals surface area contributed by atoms with E-state index in [1.54, 1.807) is 58.4 Å². The second-order valence-corrected chi connectivity index (χ2v) is 18.1. The molecule has 3 heterocycles. The van der Waals surface area contributed by atoms with Crippen LogP contribution in [0.25, 0.3) is 0 Å². The number of esters is 1. The van der Waals surface area contributed by atoms with Gasteiger partial charge in [-0.1, -0.05) is 57.9 Å². The van der Waals surface area contributed by atoms with Gasteiger partial charge in [0.15, 0.2) is 23.1 Å². The molecule has 0 aromatic heterocycles. The van der Waals surface area contributed by atoms with Crippen molar-refractivity contribution in [3.05, 3.63) is 82.9 Å². The number of likely N-dealkylation sites (tertiary alicyclic amines) is 1. The highest BCUT2D eigenvalue weighted by Crippen LogP contribution is 2.35. The molecule has 17 nitrogen and oxygen atoms in total. The van der Waals surface area contributed by atoms with Crippen LogP contribution in [0.2, 0.25) is 0 Å². The number of carbonyl (C=O) groups is 9. The lowest BCUT2D eigenvalue weighted by Crippen LogP contribution is -2.54. The molecule has 3 aliphatic heterocycles. The molecule has 17 heteroatoms. The number of nitrogens with one attached hydrogen (secondary N) is 1. The second-order valence-electron chi connectivity index (χ2n) is 18.1. The Morgan fingerprint density at radius 3 is 2.16 bits per heavy atom. The lowest BCUT2D eigenvalue weighted by Gasteiger charge is -2.28. The van der Waals surface area contributed by atoms with Crippen LogP contribution in [0.4, 0.5) is 0 Å². The third-order valence-corrected chi connectivity index (χ3v) is 13.0. The van der Waals surface area contributed by atoms with Gasteiger partial charge in [-0.05, 0) is 98.9 Å². The third-order valence-electron chi connectivity index (χ3n) is 13.0. The molecule has 1 N–H and O–H groups in total. The highest BCUT2D eigenvalue weighted by atomic mass is 16.5. The first-order valence-electron chi connectivity index (χ1n) is 23.6. The Bertz CT molecular complexity index is 2460. The highest BCUT2D eigenvalue weighted by molar-refractivity contribution is 6.38. The summed E-state index contributed by atoms with van der Waals surface area (Å²) in [6.45, 7) is 5.05. The summed E-state index contributed by atoms with van der Waals surface area (Å²) >= 11 is 0. The van der Waals surface area contributed by atoms with Crippen LogP contribution in [0.3, 0.4) is 0 Å². The molecule has 3 aliphatic rings. The maximum Gasteiger partial charge on any atom is 0.329 e. The fraction of sp³-hybridized carbons (Fsp3) is 0.481. The van der Waals surface area contributed by atoms with Gasteiger partial charge in [0.2, 0.25) is 17.6 Å². The molecule has 0 saturated carbocycles. The second kappa shape index (κ2) is 23.4. The molecule has 0 bridgehead atoms. The van der Waals surface area contributed by atoms with Crippen LogP contribution in [-0.2, 0) is 44.7 Å². The Kier molecular flexibility index (Phi) is 17.5. The first-order chi connectivity index (χ1) is 33.1. The number of ketones is 3. The number of benzene rings is 3. The van der Waals surface area contributed by atoms with E-state index in [2.05, 4.69) is 5.32 Å². The Balaban J connectivity index is 0.970. The monoisotopic (exact) mass is 951 g/mol. The van der Waals surface area contributed by atoms with E-state index in [0.717, 1.165) is 10.5 Å². The number of methoxy groups -OCH3 is 2. The number of hydrogen-bond acceptors (Lipinski definition) is 14.